The number of aryl methyl sites for hydroxylation is 1. The molecule has 1 aromatic heterocycles. The Bertz CT molecular complexity index is 1190. The van der Waals surface area contributed by atoms with Crippen molar-refractivity contribution in [3.05, 3.63) is 65.3 Å². The summed E-state index contributed by atoms with van der Waals surface area (Å²) in [5, 5.41) is 6.37. The highest BCUT2D eigenvalue weighted by molar-refractivity contribution is 6.30. The summed E-state index contributed by atoms with van der Waals surface area (Å²) in [5.74, 6) is 0.0534. The van der Waals surface area contributed by atoms with Crippen LogP contribution in [0.5, 0.6) is 0 Å². The Morgan fingerprint density at radius 3 is 2.46 bits per heavy atom. The third kappa shape index (κ3) is 7.31. The number of anilines is 1. The predicted octanol–water partition coefficient (Wildman–Crippen LogP) is 3.80. The van der Waals surface area contributed by atoms with Gasteiger partial charge in [0.25, 0.3) is 0 Å². The van der Waals surface area contributed by atoms with E-state index in [1.165, 1.54) is 4.90 Å². The van der Waals surface area contributed by atoms with E-state index in [0.29, 0.717) is 49.5 Å². The van der Waals surface area contributed by atoms with E-state index in [1.54, 1.807) is 12.1 Å². The lowest BCUT2D eigenvalue weighted by atomic mass is 10.2. The molecule has 2 aromatic carbocycles. The SMILES string of the molecule is CCNC(=O)N(CCN1CCOCC1)CC(=O)Nc1nc(-c2ccc(Cl)cc2)cn1-c1ccc(C)cc1. The van der Waals surface area contributed by atoms with Crippen LogP contribution in [0.4, 0.5) is 10.7 Å². The molecule has 9 nitrogen and oxygen atoms in total. The smallest absolute Gasteiger partial charge is 0.317 e. The number of amides is 3. The van der Waals surface area contributed by atoms with Crippen LogP contribution >= 0.6 is 11.6 Å². The minimum absolute atomic E-state index is 0.0901. The Labute approximate surface area is 222 Å². The van der Waals surface area contributed by atoms with Crippen molar-refractivity contribution in [3.63, 3.8) is 0 Å². The standard InChI is InChI=1S/C27H33ClN6O3/c1-3-29-27(36)33(13-12-32-14-16-37-17-15-32)19-25(35)31-26-30-24(21-6-8-22(28)9-7-21)18-34(26)23-10-4-20(2)5-11-23/h4-11,18H,3,12-17,19H2,1-2H3,(H,29,36)(H,30,31,35). The number of ether oxygens (including phenoxy) is 1. The maximum absolute atomic E-state index is 13.2. The summed E-state index contributed by atoms with van der Waals surface area (Å²) in [7, 11) is 0. The molecule has 0 aliphatic carbocycles. The molecule has 1 aliphatic heterocycles. The van der Waals surface area contributed by atoms with Crippen LogP contribution < -0.4 is 10.6 Å². The van der Waals surface area contributed by atoms with Crippen LogP contribution in [0.15, 0.2) is 54.7 Å². The number of rotatable bonds is 9. The molecule has 0 atom stereocenters. The van der Waals surface area contributed by atoms with Crippen LogP contribution in [0.25, 0.3) is 16.9 Å². The molecular formula is C27H33ClN6O3. The summed E-state index contributed by atoms with van der Waals surface area (Å²) in [4.78, 5) is 34.3. The first-order valence-electron chi connectivity index (χ1n) is 12.5. The van der Waals surface area contributed by atoms with E-state index in [-0.39, 0.29) is 18.5 Å². The summed E-state index contributed by atoms with van der Waals surface area (Å²) >= 11 is 6.06. The molecule has 0 spiro atoms. The Kier molecular flexibility index (Phi) is 9.16. The van der Waals surface area contributed by atoms with E-state index in [0.717, 1.165) is 29.9 Å². The molecule has 2 N–H and O–H groups in total. The van der Waals surface area contributed by atoms with Crippen molar-refractivity contribution in [2.24, 2.45) is 0 Å². The van der Waals surface area contributed by atoms with E-state index in [9.17, 15) is 9.59 Å². The van der Waals surface area contributed by atoms with Gasteiger partial charge >= 0.3 is 6.03 Å². The minimum atomic E-state index is -0.324. The van der Waals surface area contributed by atoms with E-state index in [4.69, 9.17) is 21.3 Å². The topological polar surface area (TPSA) is 91.7 Å². The van der Waals surface area contributed by atoms with Gasteiger partial charge in [-0.15, -0.1) is 0 Å². The highest BCUT2D eigenvalue weighted by Gasteiger charge is 2.21. The zero-order valence-electron chi connectivity index (χ0n) is 21.2. The second-order valence-electron chi connectivity index (χ2n) is 8.92. The fourth-order valence-electron chi connectivity index (χ4n) is 4.07. The number of carbonyl (C=O) groups excluding carboxylic acids is 2. The first-order valence-corrected chi connectivity index (χ1v) is 12.9. The van der Waals surface area contributed by atoms with Gasteiger partial charge in [-0.05, 0) is 38.1 Å². The lowest BCUT2D eigenvalue weighted by molar-refractivity contribution is -0.116. The Morgan fingerprint density at radius 2 is 1.78 bits per heavy atom. The fourth-order valence-corrected chi connectivity index (χ4v) is 4.20. The molecule has 3 amide bonds. The molecule has 3 aromatic rings. The van der Waals surface area contributed by atoms with Crippen LogP contribution in [0, 0.1) is 6.92 Å². The van der Waals surface area contributed by atoms with Gasteiger partial charge < -0.3 is 15.0 Å². The maximum Gasteiger partial charge on any atom is 0.317 e. The van der Waals surface area contributed by atoms with Crippen LogP contribution in [-0.2, 0) is 9.53 Å². The van der Waals surface area contributed by atoms with Gasteiger partial charge in [0.2, 0.25) is 11.9 Å². The van der Waals surface area contributed by atoms with Crippen molar-refractivity contribution in [2.45, 2.75) is 13.8 Å². The van der Waals surface area contributed by atoms with Crippen LogP contribution in [0.3, 0.4) is 0 Å². The van der Waals surface area contributed by atoms with Crippen molar-refractivity contribution in [1.29, 1.82) is 0 Å². The molecule has 37 heavy (non-hydrogen) atoms. The number of nitrogens with one attached hydrogen (secondary N) is 2. The molecule has 0 radical (unpaired) electrons. The summed E-state index contributed by atoms with van der Waals surface area (Å²) in [6, 6.07) is 15.1. The number of aromatic nitrogens is 2. The molecule has 0 saturated carbocycles. The molecule has 196 valence electrons. The quantitative estimate of drug-likeness (QED) is 0.444. The second-order valence-corrected chi connectivity index (χ2v) is 9.36. The molecule has 4 rings (SSSR count). The fraction of sp³-hybridized carbons (Fsp3) is 0.370. The van der Waals surface area contributed by atoms with Crippen LogP contribution in [0.1, 0.15) is 12.5 Å². The zero-order valence-corrected chi connectivity index (χ0v) is 22.0. The van der Waals surface area contributed by atoms with Gasteiger partial charge in [-0.25, -0.2) is 9.78 Å². The van der Waals surface area contributed by atoms with Gasteiger partial charge in [0, 0.05) is 55.2 Å². The third-order valence-electron chi connectivity index (χ3n) is 6.15. The summed E-state index contributed by atoms with van der Waals surface area (Å²) in [6.45, 7) is 8.37. The largest absolute Gasteiger partial charge is 0.379 e. The van der Waals surface area contributed by atoms with Crippen LogP contribution in [-0.4, -0.2) is 83.8 Å². The van der Waals surface area contributed by atoms with Gasteiger partial charge in [-0.2, -0.15) is 0 Å². The number of urea groups is 1. The normalized spacial score (nSPS) is 13.8. The van der Waals surface area contributed by atoms with Gasteiger partial charge in [-0.1, -0.05) is 41.4 Å². The molecular weight excluding hydrogens is 492 g/mol. The third-order valence-corrected chi connectivity index (χ3v) is 6.40. The Hall–Kier alpha value is -3.40. The maximum atomic E-state index is 13.2. The second kappa shape index (κ2) is 12.7. The monoisotopic (exact) mass is 524 g/mol. The van der Waals surface area contributed by atoms with E-state index in [2.05, 4.69) is 15.5 Å². The number of nitrogens with zero attached hydrogens (tertiary/aromatic N) is 4. The molecule has 1 fully saturated rings. The molecule has 0 bridgehead atoms. The number of carbonyl (C=O) groups is 2. The summed E-state index contributed by atoms with van der Waals surface area (Å²) in [5.41, 5.74) is 3.56. The molecule has 1 aliphatic rings. The van der Waals surface area contributed by atoms with Crippen molar-refractivity contribution in [3.8, 4) is 16.9 Å². The summed E-state index contributed by atoms with van der Waals surface area (Å²) in [6.07, 6.45) is 1.88. The van der Waals surface area contributed by atoms with Crippen LogP contribution in [0.2, 0.25) is 5.02 Å². The molecule has 2 heterocycles. The predicted molar refractivity (Wildman–Crippen MR) is 145 cm³/mol. The van der Waals surface area contributed by atoms with E-state index < -0.39 is 0 Å². The average molecular weight is 525 g/mol. The van der Waals surface area contributed by atoms with Gasteiger partial charge in [0.15, 0.2) is 0 Å². The van der Waals surface area contributed by atoms with E-state index >= 15 is 0 Å². The number of hydrogen-bond acceptors (Lipinski definition) is 5. The lowest BCUT2D eigenvalue weighted by Gasteiger charge is -2.29. The summed E-state index contributed by atoms with van der Waals surface area (Å²) < 4.78 is 7.24. The van der Waals surface area contributed by atoms with E-state index in [1.807, 2.05) is 61.0 Å². The van der Waals surface area contributed by atoms with Crippen molar-refractivity contribution < 1.29 is 14.3 Å². The Morgan fingerprint density at radius 1 is 1.08 bits per heavy atom. The molecule has 0 unspecified atom stereocenters. The minimum Gasteiger partial charge on any atom is -0.379 e. The lowest BCUT2D eigenvalue weighted by Crippen LogP contribution is -2.48. The first kappa shape index (κ1) is 26.7. The number of morpholine rings is 1. The molecule has 10 heteroatoms. The van der Waals surface area contributed by atoms with Crippen molar-refractivity contribution >= 4 is 29.5 Å². The Balaban J connectivity index is 1.53. The van der Waals surface area contributed by atoms with Gasteiger partial charge in [0.1, 0.15) is 6.54 Å². The van der Waals surface area contributed by atoms with Crippen molar-refractivity contribution in [1.82, 2.24) is 24.7 Å². The number of hydrogen-bond donors (Lipinski definition) is 2. The first-order chi connectivity index (χ1) is 17.9. The van der Waals surface area contributed by atoms with Crippen molar-refractivity contribution in [2.75, 3.05) is 57.8 Å². The van der Waals surface area contributed by atoms with Gasteiger partial charge in [-0.3, -0.25) is 19.6 Å². The number of imidazole rings is 1. The molecule has 1 saturated heterocycles. The average Bonchev–Trinajstić information content (AvgIpc) is 3.31. The highest BCUT2D eigenvalue weighted by atomic mass is 35.5. The highest BCUT2D eigenvalue weighted by Crippen LogP contribution is 2.25. The zero-order chi connectivity index (χ0) is 26.2. The number of benzene rings is 2. The van der Waals surface area contributed by atoms with Gasteiger partial charge in [0.05, 0.1) is 18.9 Å². The number of halogens is 1.